The first-order chi connectivity index (χ1) is 15.4. The van der Waals surface area contributed by atoms with Gasteiger partial charge < -0.3 is 24.6 Å². The molecule has 0 unspecified atom stereocenters. The molecule has 2 aromatic carbocycles. The normalized spacial score (nSPS) is 14.6. The Labute approximate surface area is 195 Å². The summed E-state index contributed by atoms with van der Waals surface area (Å²) in [4.78, 5) is 26.9. The first-order valence-corrected chi connectivity index (χ1v) is 10.7. The van der Waals surface area contributed by atoms with Crippen LogP contribution in [0, 0.1) is 0 Å². The highest BCUT2D eigenvalue weighted by atomic mass is 32.2. The number of amides is 2. The minimum atomic E-state index is -0.272. The van der Waals surface area contributed by atoms with Gasteiger partial charge >= 0.3 is 0 Å². The minimum Gasteiger partial charge on any atom is -0.508 e. The largest absolute Gasteiger partial charge is 0.508 e. The second-order valence-corrected chi connectivity index (χ2v) is 8.31. The number of nitrogens with one attached hydrogen (secondary N) is 1. The molecular formula is C22H22N2O6S2. The zero-order chi connectivity index (χ0) is 23.3. The second-order valence-electron chi connectivity index (χ2n) is 6.64. The smallest absolute Gasteiger partial charge is 0.266 e. The molecule has 0 bridgehead atoms. The number of aromatic hydroxyl groups is 1. The van der Waals surface area contributed by atoms with Gasteiger partial charge in [-0.3, -0.25) is 14.5 Å². The molecule has 2 amide bonds. The molecular weight excluding hydrogens is 452 g/mol. The molecule has 1 aliphatic heterocycles. The Morgan fingerprint density at radius 2 is 1.75 bits per heavy atom. The third kappa shape index (κ3) is 5.32. The number of methoxy groups -OCH3 is 3. The summed E-state index contributed by atoms with van der Waals surface area (Å²) in [6.45, 7) is 0.154. The second kappa shape index (κ2) is 10.4. The Morgan fingerprint density at radius 3 is 2.31 bits per heavy atom. The quantitative estimate of drug-likeness (QED) is 0.340. The van der Waals surface area contributed by atoms with E-state index in [0.29, 0.717) is 37.7 Å². The van der Waals surface area contributed by atoms with Crippen molar-refractivity contribution in [3.8, 4) is 23.0 Å². The number of phenols is 1. The number of rotatable bonds is 8. The predicted octanol–water partition coefficient (Wildman–Crippen LogP) is 3.65. The van der Waals surface area contributed by atoms with E-state index < -0.39 is 0 Å². The van der Waals surface area contributed by atoms with Crippen LogP contribution in [-0.4, -0.2) is 54.0 Å². The Kier molecular flexibility index (Phi) is 7.60. The van der Waals surface area contributed by atoms with Crippen LogP contribution in [0.25, 0.3) is 6.08 Å². The molecule has 0 aromatic heterocycles. The van der Waals surface area contributed by atoms with Crippen LogP contribution in [0.5, 0.6) is 23.0 Å². The van der Waals surface area contributed by atoms with Gasteiger partial charge in [-0.2, -0.15) is 0 Å². The molecule has 2 aromatic rings. The highest BCUT2D eigenvalue weighted by Crippen LogP contribution is 2.40. The van der Waals surface area contributed by atoms with Crippen LogP contribution in [0.1, 0.15) is 12.0 Å². The van der Waals surface area contributed by atoms with Gasteiger partial charge in [0.05, 0.1) is 26.2 Å². The van der Waals surface area contributed by atoms with Crippen molar-refractivity contribution in [3.63, 3.8) is 0 Å². The third-order valence-corrected chi connectivity index (χ3v) is 5.95. The van der Waals surface area contributed by atoms with Gasteiger partial charge in [-0.05, 0) is 48.0 Å². The standard InChI is InChI=1S/C22H22N2O6S2/c1-28-16-10-13(11-17(29-2)20(16)30-3)12-18-21(27)24(22(31)32-18)9-8-19(26)23-14-4-6-15(25)7-5-14/h4-7,10-12,25H,8-9H2,1-3H3,(H,23,26)/b18-12-. The van der Waals surface area contributed by atoms with E-state index in [1.807, 2.05) is 0 Å². The molecule has 0 spiro atoms. The fourth-order valence-electron chi connectivity index (χ4n) is 3.01. The molecule has 0 aliphatic carbocycles. The first-order valence-electron chi connectivity index (χ1n) is 9.50. The average Bonchev–Trinajstić information content (AvgIpc) is 3.05. The van der Waals surface area contributed by atoms with Gasteiger partial charge in [0.1, 0.15) is 10.1 Å². The number of anilines is 1. The number of phenolic OH excluding ortho intramolecular Hbond substituents is 1. The van der Waals surface area contributed by atoms with E-state index in [4.69, 9.17) is 26.4 Å². The maximum atomic E-state index is 12.9. The van der Waals surface area contributed by atoms with Gasteiger partial charge in [-0.25, -0.2) is 0 Å². The zero-order valence-electron chi connectivity index (χ0n) is 17.7. The first kappa shape index (κ1) is 23.4. The van der Waals surface area contributed by atoms with E-state index in [1.165, 1.54) is 50.1 Å². The summed E-state index contributed by atoms with van der Waals surface area (Å²) in [6, 6.07) is 9.61. The van der Waals surface area contributed by atoms with Crippen LogP contribution in [0.3, 0.4) is 0 Å². The molecule has 1 aliphatic rings. The number of carbonyl (C=O) groups is 2. The van der Waals surface area contributed by atoms with Crippen molar-refractivity contribution in [1.82, 2.24) is 4.90 Å². The molecule has 8 nitrogen and oxygen atoms in total. The van der Waals surface area contributed by atoms with Crippen LogP contribution in [-0.2, 0) is 9.59 Å². The number of ether oxygens (including phenoxy) is 3. The molecule has 0 radical (unpaired) electrons. The van der Waals surface area contributed by atoms with Gasteiger partial charge in [0.25, 0.3) is 5.91 Å². The van der Waals surface area contributed by atoms with Crippen molar-refractivity contribution in [1.29, 1.82) is 0 Å². The van der Waals surface area contributed by atoms with E-state index in [2.05, 4.69) is 5.32 Å². The average molecular weight is 475 g/mol. The van der Waals surface area contributed by atoms with Crippen LogP contribution in [0.4, 0.5) is 5.69 Å². The molecule has 1 heterocycles. The van der Waals surface area contributed by atoms with Gasteiger partial charge in [0, 0.05) is 18.7 Å². The summed E-state index contributed by atoms with van der Waals surface area (Å²) in [5.41, 5.74) is 1.24. The van der Waals surface area contributed by atoms with Crippen molar-refractivity contribution in [2.75, 3.05) is 33.2 Å². The molecule has 168 valence electrons. The molecule has 3 rings (SSSR count). The molecule has 0 saturated carbocycles. The fourth-order valence-corrected chi connectivity index (χ4v) is 4.32. The fraction of sp³-hybridized carbons (Fsp3) is 0.227. The van der Waals surface area contributed by atoms with Crippen molar-refractivity contribution in [2.45, 2.75) is 6.42 Å². The number of carbonyl (C=O) groups excluding carboxylic acids is 2. The summed E-state index contributed by atoms with van der Waals surface area (Å²) in [7, 11) is 4.55. The summed E-state index contributed by atoms with van der Waals surface area (Å²) in [5, 5.41) is 12.0. The third-order valence-electron chi connectivity index (χ3n) is 4.57. The zero-order valence-corrected chi connectivity index (χ0v) is 19.3. The van der Waals surface area contributed by atoms with E-state index >= 15 is 0 Å². The summed E-state index contributed by atoms with van der Waals surface area (Å²) >= 11 is 6.51. The summed E-state index contributed by atoms with van der Waals surface area (Å²) in [5.74, 6) is 0.974. The number of hydrogen-bond acceptors (Lipinski definition) is 8. The summed E-state index contributed by atoms with van der Waals surface area (Å²) in [6.07, 6.45) is 1.77. The Morgan fingerprint density at radius 1 is 1.12 bits per heavy atom. The van der Waals surface area contributed by atoms with E-state index in [-0.39, 0.29) is 30.5 Å². The van der Waals surface area contributed by atoms with Gasteiger partial charge in [0.15, 0.2) is 11.5 Å². The van der Waals surface area contributed by atoms with Crippen LogP contribution in [0.2, 0.25) is 0 Å². The van der Waals surface area contributed by atoms with Crippen molar-refractivity contribution >= 4 is 51.9 Å². The number of thiocarbonyl (C=S) groups is 1. The number of hydrogen-bond donors (Lipinski definition) is 2. The van der Waals surface area contributed by atoms with Crippen LogP contribution >= 0.6 is 24.0 Å². The lowest BCUT2D eigenvalue weighted by molar-refractivity contribution is -0.122. The SMILES string of the molecule is COc1cc(/C=C2\SC(=S)N(CCC(=O)Nc3ccc(O)cc3)C2=O)cc(OC)c1OC. The van der Waals surface area contributed by atoms with E-state index in [1.54, 1.807) is 30.3 Å². The lowest BCUT2D eigenvalue weighted by atomic mass is 10.1. The molecule has 0 atom stereocenters. The number of benzene rings is 2. The molecule has 1 saturated heterocycles. The highest BCUT2D eigenvalue weighted by Gasteiger charge is 2.32. The Bertz CT molecular complexity index is 1040. The van der Waals surface area contributed by atoms with Crippen molar-refractivity contribution in [2.24, 2.45) is 0 Å². The maximum absolute atomic E-state index is 12.9. The van der Waals surface area contributed by atoms with Crippen LogP contribution < -0.4 is 19.5 Å². The van der Waals surface area contributed by atoms with Crippen molar-refractivity contribution < 1.29 is 28.9 Å². The number of thioether (sulfide) groups is 1. The minimum absolute atomic E-state index is 0.0742. The molecule has 32 heavy (non-hydrogen) atoms. The van der Waals surface area contributed by atoms with E-state index in [9.17, 15) is 14.7 Å². The lowest BCUT2D eigenvalue weighted by Crippen LogP contribution is -2.31. The van der Waals surface area contributed by atoms with Crippen molar-refractivity contribution in [3.05, 3.63) is 46.9 Å². The molecule has 2 N–H and O–H groups in total. The topological polar surface area (TPSA) is 97.3 Å². The van der Waals surface area contributed by atoms with Gasteiger partial charge in [0.2, 0.25) is 11.7 Å². The maximum Gasteiger partial charge on any atom is 0.266 e. The Hall–Kier alpha value is -3.24. The predicted molar refractivity (Wildman–Crippen MR) is 127 cm³/mol. The van der Waals surface area contributed by atoms with Crippen LogP contribution in [0.15, 0.2) is 41.3 Å². The van der Waals surface area contributed by atoms with Gasteiger partial charge in [-0.15, -0.1) is 0 Å². The highest BCUT2D eigenvalue weighted by molar-refractivity contribution is 8.26. The number of nitrogens with zero attached hydrogens (tertiary/aromatic N) is 1. The molecule has 1 fully saturated rings. The lowest BCUT2D eigenvalue weighted by Gasteiger charge is -2.14. The molecule has 10 heteroatoms. The van der Waals surface area contributed by atoms with Gasteiger partial charge in [-0.1, -0.05) is 24.0 Å². The Balaban J connectivity index is 1.69. The van der Waals surface area contributed by atoms with E-state index in [0.717, 1.165) is 0 Å². The summed E-state index contributed by atoms with van der Waals surface area (Å²) < 4.78 is 16.4. The monoisotopic (exact) mass is 474 g/mol.